The predicted molar refractivity (Wildman–Crippen MR) is 77.9 cm³/mol. The van der Waals surface area contributed by atoms with Crippen LogP contribution in [0.25, 0.3) is 0 Å². The first-order valence-corrected chi connectivity index (χ1v) is 8.17. The zero-order valence-corrected chi connectivity index (χ0v) is 12.3. The maximum absolute atomic E-state index is 12.1. The molecule has 0 fully saturated rings. The summed E-state index contributed by atoms with van der Waals surface area (Å²) in [6, 6.07) is 7.04. The molecule has 0 atom stereocenters. The fourth-order valence-electron chi connectivity index (χ4n) is 1.95. The normalized spacial score (nSPS) is 11.7. The van der Waals surface area contributed by atoms with Crippen LogP contribution in [0.3, 0.4) is 0 Å². The third-order valence-electron chi connectivity index (χ3n) is 2.98. The van der Waals surface area contributed by atoms with Crippen molar-refractivity contribution in [2.24, 2.45) is 0 Å². The van der Waals surface area contributed by atoms with Crippen molar-refractivity contribution in [1.82, 2.24) is 14.7 Å². The minimum Gasteiger partial charge on any atom is -0.349 e. The fraction of sp³-hybridized carbons (Fsp3) is 0.357. The van der Waals surface area contributed by atoms with Crippen molar-refractivity contribution in [3.05, 3.63) is 48.0 Å². The number of nitrogens with zero attached hydrogens (tertiary/aromatic N) is 1. The average molecular weight is 293 g/mol. The number of benzene rings is 1. The van der Waals surface area contributed by atoms with Crippen LogP contribution in [0.15, 0.2) is 41.6 Å². The lowest BCUT2D eigenvalue weighted by Crippen LogP contribution is -2.26. The van der Waals surface area contributed by atoms with E-state index < -0.39 is 10.0 Å². The van der Waals surface area contributed by atoms with Crippen molar-refractivity contribution in [3.63, 3.8) is 0 Å². The Bertz CT molecular complexity index is 619. The highest BCUT2D eigenvalue weighted by molar-refractivity contribution is 7.89. The summed E-state index contributed by atoms with van der Waals surface area (Å²) in [5.41, 5.74) is 1.15. The van der Waals surface area contributed by atoms with Crippen LogP contribution in [-0.4, -0.2) is 24.9 Å². The Hall–Kier alpha value is -1.66. The minimum atomic E-state index is -3.44. The van der Waals surface area contributed by atoms with Gasteiger partial charge in [0.2, 0.25) is 10.0 Å². The lowest BCUT2D eigenvalue weighted by Gasteiger charge is -2.07. The van der Waals surface area contributed by atoms with Crippen LogP contribution in [0, 0.1) is 0 Å². The van der Waals surface area contributed by atoms with Crippen LogP contribution >= 0.6 is 0 Å². The molecule has 2 aromatic rings. The molecular weight excluding hydrogens is 274 g/mol. The van der Waals surface area contributed by atoms with E-state index in [2.05, 4.69) is 21.6 Å². The number of hydrogen-bond donors (Lipinski definition) is 2. The summed E-state index contributed by atoms with van der Waals surface area (Å²) in [4.78, 5) is 7.29. The fourth-order valence-corrected chi connectivity index (χ4v) is 2.98. The molecule has 0 aliphatic rings. The summed E-state index contributed by atoms with van der Waals surface area (Å²) >= 11 is 0. The highest BCUT2D eigenvalue weighted by Gasteiger charge is 2.13. The molecule has 2 N–H and O–H groups in total. The summed E-state index contributed by atoms with van der Waals surface area (Å²) in [5.74, 6) is 0.769. The van der Waals surface area contributed by atoms with Crippen molar-refractivity contribution in [2.75, 3.05) is 6.54 Å². The van der Waals surface area contributed by atoms with Crippen LogP contribution in [-0.2, 0) is 22.9 Å². The van der Waals surface area contributed by atoms with Crippen molar-refractivity contribution in [2.45, 2.75) is 31.1 Å². The number of aromatic nitrogens is 2. The average Bonchev–Trinajstić information content (AvgIpc) is 2.93. The molecule has 0 radical (unpaired) electrons. The highest BCUT2D eigenvalue weighted by atomic mass is 32.2. The number of aryl methyl sites for hydroxylation is 1. The van der Waals surface area contributed by atoms with E-state index in [9.17, 15) is 8.42 Å². The number of imidazole rings is 1. The summed E-state index contributed by atoms with van der Waals surface area (Å²) in [5, 5.41) is 0. The van der Waals surface area contributed by atoms with Gasteiger partial charge in [-0.05, 0) is 24.1 Å². The lowest BCUT2D eigenvalue weighted by molar-refractivity contribution is 0.581. The number of sulfonamides is 1. The van der Waals surface area contributed by atoms with E-state index in [1.165, 1.54) is 0 Å². The van der Waals surface area contributed by atoms with Gasteiger partial charge in [-0.3, -0.25) is 0 Å². The quantitative estimate of drug-likeness (QED) is 0.818. The molecule has 0 saturated carbocycles. The van der Waals surface area contributed by atoms with E-state index in [0.717, 1.165) is 24.2 Å². The second-order valence-electron chi connectivity index (χ2n) is 4.58. The Labute approximate surface area is 119 Å². The van der Waals surface area contributed by atoms with Crippen LogP contribution in [0.1, 0.15) is 24.7 Å². The Morgan fingerprint density at radius 2 is 1.95 bits per heavy atom. The Balaban J connectivity index is 1.95. The molecule has 0 saturated heterocycles. The number of hydrogen-bond acceptors (Lipinski definition) is 3. The van der Waals surface area contributed by atoms with Gasteiger partial charge in [0.05, 0.1) is 4.90 Å². The molecule has 1 heterocycles. The molecular formula is C14H19N3O2S. The van der Waals surface area contributed by atoms with Gasteiger partial charge in [0.25, 0.3) is 0 Å². The molecule has 108 valence electrons. The molecule has 1 aromatic heterocycles. The predicted octanol–water partition coefficient (Wildman–Crippen LogP) is 1.88. The second kappa shape index (κ2) is 6.67. The molecule has 0 aliphatic carbocycles. The van der Waals surface area contributed by atoms with Gasteiger partial charge in [0.1, 0.15) is 5.82 Å². The summed E-state index contributed by atoms with van der Waals surface area (Å²) in [6.07, 6.45) is 5.92. The largest absolute Gasteiger partial charge is 0.349 e. The SMILES string of the molecule is CCCc1ccc(S(=O)(=O)NCCc2ncc[nH]2)cc1. The maximum Gasteiger partial charge on any atom is 0.240 e. The van der Waals surface area contributed by atoms with Crippen LogP contribution in [0.4, 0.5) is 0 Å². The van der Waals surface area contributed by atoms with Crippen LogP contribution in [0.5, 0.6) is 0 Å². The number of H-pyrrole nitrogens is 1. The first-order chi connectivity index (χ1) is 9.62. The van der Waals surface area contributed by atoms with Gasteiger partial charge in [0.15, 0.2) is 0 Å². The third kappa shape index (κ3) is 3.91. The molecule has 0 amide bonds. The topological polar surface area (TPSA) is 74.8 Å². The maximum atomic E-state index is 12.1. The lowest BCUT2D eigenvalue weighted by atomic mass is 10.1. The molecule has 2 rings (SSSR count). The van der Waals surface area contributed by atoms with Crippen molar-refractivity contribution >= 4 is 10.0 Å². The first kappa shape index (κ1) is 14.7. The zero-order chi connectivity index (χ0) is 14.4. The van der Waals surface area contributed by atoms with E-state index in [0.29, 0.717) is 17.9 Å². The van der Waals surface area contributed by atoms with Gasteiger partial charge in [-0.15, -0.1) is 0 Å². The molecule has 0 unspecified atom stereocenters. The molecule has 20 heavy (non-hydrogen) atoms. The number of rotatable bonds is 7. The molecule has 0 bridgehead atoms. The Kier molecular flexibility index (Phi) is 4.92. The Morgan fingerprint density at radius 3 is 2.55 bits per heavy atom. The molecule has 5 nitrogen and oxygen atoms in total. The van der Waals surface area contributed by atoms with E-state index in [1.807, 2.05) is 12.1 Å². The van der Waals surface area contributed by atoms with Gasteiger partial charge in [0, 0.05) is 25.4 Å². The van der Waals surface area contributed by atoms with Crippen molar-refractivity contribution in [1.29, 1.82) is 0 Å². The molecule has 0 aliphatic heterocycles. The smallest absolute Gasteiger partial charge is 0.240 e. The van der Waals surface area contributed by atoms with Gasteiger partial charge < -0.3 is 4.98 Å². The molecule has 6 heteroatoms. The van der Waals surface area contributed by atoms with E-state index in [-0.39, 0.29) is 0 Å². The van der Waals surface area contributed by atoms with Gasteiger partial charge in [-0.2, -0.15) is 0 Å². The van der Waals surface area contributed by atoms with E-state index in [4.69, 9.17) is 0 Å². The molecule has 0 spiro atoms. The third-order valence-corrected chi connectivity index (χ3v) is 4.46. The monoisotopic (exact) mass is 293 g/mol. The van der Waals surface area contributed by atoms with E-state index in [1.54, 1.807) is 24.5 Å². The second-order valence-corrected chi connectivity index (χ2v) is 6.34. The number of nitrogens with one attached hydrogen (secondary N) is 2. The zero-order valence-electron chi connectivity index (χ0n) is 11.5. The van der Waals surface area contributed by atoms with Crippen LogP contribution in [0.2, 0.25) is 0 Å². The Morgan fingerprint density at radius 1 is 1.20 bits per heavy atom. The minimum absolute atomic E-state index is 0.303. The summed E-state index contributed by atoms with van der Waals surface area (Å²) in [7, 11) is -3.44. The van der Waals surface area contributed by atoms with E-state index >= 15 is 0 Å². The van der Waals surface area contributed by atoms with Gasteiger partial charge >= 0.3 is 0 Å². The summed E-state index contributed by atoms with van der Waals surface area (Å²) in [6.45, 7) is 2.42. The van der Waals surface area contributed by atoms with Crippen molar-refractivity contribution in [3.8, 4) is 0 Å². The van der Waals surface area contributed by atoms with Gasteiger partial charge in [-0.25, -0.2) is 18.1 Å². The first-order valence-electron chi connectivity index (χ1n) is 6.68. The van der Waals surface area contributed by atoms with Crippen LogP contribution < -0.4 is 4.72 Å². The van der Waals surface area contributed by atoms with Crippen molar-refractivity contribution < 1.29 is 8.42 Å². The van der Waals surface area contributed by atoms with Gasteiger partial charge in [-0.1, -0.05) is 25.5 Å². The standard InChI is InChI=1S/C14H19N3O2S/c1-2-3-12-4-6-13(7-5-12)20(18,19)17-9-8-14-15-10-11-16-14/h4-7,10-11,17H,2-3,8-9H2,1H3,(H,15,16). The molecule has 1 aromatic carbocycles. The summed E-state index contributed by atoms with van der Waals surface area (Å²) < 4.78 is 26.8. The number of aromatic amines is 1. The highest BCUT2D eigenvalue weighted by Crippen LogP contribution is 2.11.